The fourth-order valence-corrected chi connectivity index (χ4v) is 2.44. The van der Waals surface area contributed by atoms with E-state index in [1.54, 1.807) is 0 Å². The molecule has 1 fully saturated rings. The number of carboxylic acids is 1. The fraction of sp³-hybridized carbons (Fsp3) is 0.462. The third-order valence-corrected chi connectivity index (χ3v) is 3.48. The highest BCUT2D eigenvalue weighted by Crippen LogP contribution is 2.35. The summed E-state index contributed by atoms with van der Waals surface area (Å²) in [6.45, 7) is 0. The van der Waals surface area contributed by atoms with Crippen LogP contribution >= 0.6 is 0 Å². The zero-order valence-electron chi connectivity index (χ0n) is 9.23. The molecule has 0 bridgehead atoms. The number of nitrogens with two attached hydrogens (primary N) is 1. The molecule has 0 unspecified atom stereocenters. The van der Waals surface area contributed by atoms with Gasteiger partial charge in [0, 0.05) is 5.69 Å². The molecule has 1 aromatic carbocycles. The van der Waals surface area contributed by atoms with Crippen molar-refractivity contribution in [2.24, 2.45) is 5.92 Å². The maximum Gasteiger partial charge on any atom is 0.306 e. The number of benzene rings is 1. The molecule has 0 heterocycles. The van der Waals surface area contributed by atoms with Gasteiger partial charge in [-0.25, -0.2) is 0 Å². The van der Waals surface area contributed by atoms with Crippen molar-refractivity contribution in [1.29, 1.82) is 0 Å². The molecule has 1 aliphatic rings. The zero-order chi connectivity index (χ0) is 11.5. The second kappa shape index (κ2) is 4.56. The van der Waals surface area contributed by atoms with Crippen molar-refractivity contribution in [2.75, 3.05) is 5.73 Å². The highest BCUT2D eigenvalue weighted by molar-refractivity contribution is 5.70. The summed E-state index contributed by atoms with van der Waals surface area (Å²) in [7, 11) is 0. The predicted octanol–water partition coefficient (Wildman–Crippen LogP) is 2.63. The third-order valence-electron chi connectivity index (χ3n) is 3.48. The molecule has 0 aromatic heterocycles. The van der Waals surface area contributed by atoms with Crippen molar-refractivity contribution in [3.05, 3.63) is 29.8 Å². The smallest absolute Gasteiger partial charge is 0.306 e. The minimum Gasteiger partial charge on any atom is -0.481 e. The number of carbonyl (C=O) groups is 1. The lowest BCUT2D eigenvalue weighted by molar-refractivity contribution is -0.142. The van der Waals surface area contributed by atoms with Gasteiger partial charge in [0.25, 0.3) is 0 Å². The molecule has 86 valence electrons. The minimum absolute atomic E-state index is 0.134. The monoisotopic (exact) mass is 219 g/mol. The number of anilines is 1. The van der Waals surface area contributed by atoms with Gasteiger partial charge < -0.3 is 10.8 Å². The van der Waals surface area contributed by atoms with Crippen molar-refractivity contribution in [3.8, 4) is 0 Å². The van der Waals surface area contributed by atoms with Crippen LogP contribution in [-0.2, 0) is 4.79 Å². The molecule has 2 rings (SSSR count). The number of aliphatic carboxylic acids is 1. The van der Waals surface area contributed by atoms with Crippen molar-refractivity contribution >= 4 is 11.7 Å². The summed E-state index contributed by atoms with van der Waals surface area (Å²) < 4.78 is 0. The average Bonchev–Trinajstić information content (AvgIpc) is 2.30. The normalized spacial score (nSPS) is 25.2. The van der Waals surface area contributed by atoms with E-state index in [1.807, 2.05) is 12.1 Å². The van der Waals surface area contributed by atoms with Gasteiger partial charge in [-0.15, -0.1) is 0 Å². The van der Waals surface area contributed by atoms with Gasteiger partial charge in [0.05, 0.1) is 5.92 Å². The van der Waals surface area contributed by atoms with Crippen molar-refractivity contribution in [3.63, 3.8) is 0 Å². The fourth-order valence-electron chi connectivity index (χ4n) is 2.44. The Labute approximate surface area is 95.3 Å². The molecule has 1 aromatic rings. The van der Waals surface area contributed by atoms with Crippen LogP contribution in [0.5, 0.6) is 0 Å². The number of nitrogen functional groups attached to an aromatic ring is 1. The van der Waals surface area contributed by atoms with E-state index < -0.39 is 5.97 Å². The summed E-state index contributed by atoms with van der Waals surface area (Å²) in [5.74, 6) is -0.267. The highest BCUT2D eigenvalue weighted by atomic mass is 16.4. The lowest BCUT2D eigenvalue weighted by Gasteiger charge is -2.26. The van der Waals surface area contributed by atoms with Crippen LogP contribution in [0.15, 0.2) is 24.3 Å². The van der Waals surface area contributed by atoms with Gasteiger partial charge in [-0.3, -0.25) is 4.79 Å². The standard InChI is InChI=1S/C13H17NO2/c14-12-7-5-10(6-8-12)9-1-3-11(4-2-9)13(15)16/h5-9,11H,1-4,14H2,(H,15,16)/t9-,11-. The Bertz CT molecular complexity index is 364. The molecule has 0 aliphatic heterocycles. The van der Waals surface area contributed by atoms with E-state index in [-0.39, 0.29) is 5.92 Å². The second-order valence-corrected chi connectivity index (χ2v) is 4.55. The Morgan fingerprint density at radius 1 is 1.12 bits per heavy atom. The Kier molecular flexibility index (Phi) is 3.13. The summed E-state index contributed by atoms with van der Waals surface area (Å²) in [5.41, 5.74) is 7.71. The maximum absolute atomic E-state index is 10.8. The number of hydrogen-bond donors (Lipinski definition) is 2. The van der Waals surface area contributed by atoms with Crippen LogP contribution in [0.4, 0.5) is 5.69 Å². The molecule has 0 atom stereocenters. The molecule has 0 saturated heterocycles. The van der Waals surface area contributed by atoms with E-state index in [1.165, 1.54) is 5.56 Å². The van der Waals surface area contributed by atoms with Gasteiger partial charge in [0.2, 0.25) is 0 Å². The summed E-state index contributed by atoms with van der Waals surface area (Å²) >= 11 is 0. The number of hydrogen-bond acceptors (Lipinski definition) is 2. The average molecular weight is 219 g/mol. The van der Waals surface area contributed by atoms with Crippen molar-refractivity contribution in [2.45, 2.75) is 31.6 Å². The van der Waals surface area contributed by atoms with Crippen LogP contribution in [0, 0.1) is 5.92 Å². The SMILES string of the molecule is Nc1ccc([C@H]2CC[C@H](C(=O)O)CC2)cc1. The van der Waals surface area contributed by atoms with E-state index in [0.717, 1.165) is 31.4 Å². The van der Waals surface area contributed by atoms with Crippen LogP contribution in [0.25, 0.3) is 0 Å². The molecule has 16 heavy (non-hydrogen) atoms. The van der Waals surface area contributed by atoms with Gasteiger partial charge in [-0.2, -0.15) is 0 Å². The molecular formula is C13H17NO2. The number of rotatable bonds is 2. The molecule has 0 radical (unpaired) electrons. The molecule has 3 heteroatoms. The van der Waals surface area contributed by atoms with E-state index >= 15 is 0 Å². The summed E-state index contributed by atoms with van der Waals surface area (Å²) in [4.78, 5) is 10.8. The maximum atomic E-state index is 10.8. The van der Waals surface area contributed by atoms with Crippen LogP contribution in [0.3, 0.4) is 0 Å². The van der Waals surface area contributed by atoms with E-state index in [4.69, 9.17) is 10.8 Å². The largest absolute Gasteiger partial charge is 0.481 e. The first-order valence-electron chi connectivity index (χ1n) is 5.75. The van der Waals surface area contributed by atoms with Gasteiger partial charge in [0.15, 0.2) is 0 Å². The molecule has 0 amide bonds. The molecule has 1 saturated carbocycles. The Balaban J connectivity index is 1.99. The van der Waals surface area contributed by atoms with Crippen LogP contribution < -0.4 is 5.73 Å². The molecule has 3 N–H and O–H groups in total. The quantitative estimate of drug-likeness (QED) is 0.751. The van der Waals surface area contributed by atoms with Gasteiger partial charge in [0.1, 0.15) is 0 Å². The number of carboxylic acid groups (broad SMARTS) is 1. The predicted molar refractivity (Wildman–Crippen MR) is 63.2 cm³/mol. The van der Waals surface area contributed by atoms with Gasteiger partial charge in [-0.1, -0.05) is 12.1 Å². The minimum atomic E-state index is -0.643. The van der Waals surface area contributed by atoms with E-state index in [2.05, 4.69) is 12.1 Å². The summed E-state index contributed by atoms with van der Waals surface area (Å²) in [5, 5.41) is 8.91. The van der Waals surface area contributed by atoms with Crippen LogP contribution in [0.1, 0.15) is 37.2 Å². The first-order chi connectivity index (χ1) is 7.66. The first-order valence-corrected chi connectivity index (χ1v) is 5.75. The third kappa shape index (κ3) is 2.35. The second-order valence-electron chi connectivity index (χ2n) is 4.55. The van der Waals surface area contributed by atoms with Gasteiger partial charge in [-0.05, 0) is 49.3 Å². The lowest BCUT2D eigenvalue weighted by Crippen LogP contribution is -2.20. The summed E-state index contributed by atoms with van der Waals surface area (Å²) in [6.07, 6.45) is 3.54. The zero-order valence-corrected chi connectivity index (χ0v) is 9.23. The lowest BCUT2D eigenvalue weighted by atomic mass is 9.79. The van der Waals surface area contributed by atoms with Crippen LogP contribution in [-0.4, -0.2) is 11.1 Å². The Morgan fingerprint density at radius 2 is 1.69 bits per heavy atom. The van der Waals surface area contributed by atoms with E-state index in [9.17, 15) is 4.79 Å². The molecule has 0 spiro atoms. The highest BCUT2D eigenvalue weighted by Gasteiger charge is 2.26. The Hall–Kier alpha value is -1.51. The first kappa shape index (κ1) is 11.0. The molecule has 3 nitrogen and oxygen atoms in total. The van der Waals surface area contributed by atoms with Crippen LogP contribution in [0.2, 0.25) is 0 Å². The van der Waals surface area contributed by atoms with Crippen molar-refractivity contribution in [1.82, 2.24) is 0 Å². The van der Waals surface area contributed by atoms with E-state index in [0.29, 0.717) is 5.92 Å². The summed E-state index contributed by atoms with van der Waals surface area (Å²) in [6, 6.07) is 7.94. The molecular weight excluding hydrogens is 202 g/mol. The van der Waals surface area contributed by atoms with Crippen molar-refractivity contribution < 1.29 is 9.90 Å². The molecule has 1 aliphatic carbocycles. The van der Waals surface area contributed by atoms with Gasteiger partial charge >= 0.3 is 5.97 Å². The topological polar surface area (TPSA) is 63.3 Å². The Morgan fingerprint density at radius 3 is 2.19 bits per heavy atom.